The fourth-order valence-corrected chi connectivity index (χ4v) is 2.34. The maximum absolute atomic E-state index is 12.7. The lowest BCUT2D eigenvalue weighted by Crippen LogP contribution is -2.04. The van der Waals surface area contributed by atoms with Gasteiger partial charge in [-0.15, -0.1) is 11.3 Å². The largest absolute Gasteiger partial charge is 0.469 e. The van der Waals surface area contributed by atoms with Gasteiger partial charge in [-0.2, -0.15) is 0 Å². The normalized spacial score (nSPS) is 10.3. The highest BCUT2D eigenvalue weighted by Gasteiger charge is 2.08. The number of methoxy groups -OCH3 is 1. The summed E-state index contributed by atoms with van der Waals surface area (Å²) in [6.45, 7) is 0. The minimum atomic E-state index is -0.298. The molecule has 0 amide bonds. The highest BCUT2D eigenvalue weighted by Crippen LogP contribution is 2.15. The average molecular weight is 265 g/mol. The summed E-state index contributed by atoms with van der Waals surface area (Å²) in [5, 5.41) is 2.75. The molecule has 1 aromatic heterocycles. The van der Waals surface area contributed by atoms with Crippen LogP contribution in [-0.2, 0) is 22.4 Å². The molecule has 1 heterocycles. The molecule has 5 heteroatoms. The van der Waals surface area contributed by atoms with Crippen molar-refractivity contribution >= 4 is 17.3 Å². The van der Waals surface area contributed by atoms with Gasteiger partial charge in [-0.1, -0.05) is 12.1 Å². The molecule has 0 saturated carbocycles. The van der Waals surface area contributed by atoms with Crippen LogP contribution in [0.2, 0.25) is 0 Å². The van der Waals surface area contributed by atoms with Crippen molar-refractivity contribution in [2.45, 2.75) is 12.8 Å². The van der Waals surface area contributed by atoms with Gasteiger partial charge in [0.05, 0.1) is 24.2 Å². The number of hydrogen-bond acceptors (Lipinski definition) is 4. The third kappa shape index (κ3) is 3.37. The number of aromatic nitrogens is 1. The Labute approximate surface area is 108 Å². The van der Waals surface area contributed by atoms with Crippen molar-refractivity contribution in [2.75, 3.05) is 7.11 Å². The van der Waals surface area contributed by atoms with Crippen LogP contribution in [0.5, 0.6) is 0 Å². The summed E-state index contributed by atoms with van der Waals surface area (Å²) in [5.41, 5.74) is 1.71. The maximum Gasteiger partial charge on any atom is 0.311 e. The van der Waals surface area contributed by atoms with Crippen LogP contribution in [0, 0.1) is 5.82 Å². The number of carbonyl (C=O) groups is 1. The minimum absolute atomic E-state index is 0.191. The van der Waals surface area contributed by atoms with Gasteiger partial charge >= 0.3 is 5.97 Å². The summed E-state index contributed by atoms with van der Waals surface area (Å²) in [6, 6.07) is 6.32. The number of ether oxygens (including phenoxy) is 1. The highest BCUT2D eigenvalue weighted by atomic mass is 32.1. The van der Waals surface area contributed by atoms with Gasteiger partial charge in [-0.3, -0.25) is 4.79 Å². The number of carbonyl (C=O) groups excluding carboxylic acids is 1. The van der Waals surface area contributed by atoms with Crippen LogP contribution >= 0.6 is 11.3 Å². The Morgan fingerprint density at radius 3 is 2.78 bits per heavy atom. The zero-order valence-electron chi connectivity index (χ0n) is 9.85. The molecule has 0 saturated heterocycles. The molecule has 2 aromatic rings. The Bertz CT molecular complexity index is 536. The van der Waals surface area contributed by atoms with E-state index < -0.39 is 0 Å². The van der Waals surface area contributed by atoms with E-state index in [1.54, 1.807) is 12.1 Å². The molecule has 0 aliphatic carbocycles. The van der Waals surface area contributed by atoms with Gasteiger partial charge in [-0.25, -0.2) is 9.37 Å². The Morgan fingerprint density at radius 1 is 1.39 bits per heavy atom. The van der Waals surface area contributed by atoms with Gasteiger partial charge in [0.15, 0.2) is 0 Å². The number of esters is 1. The Hall–Kier alpha value is -1.75. The first-order chi connectivity index (χ1) is 8.67. The van der Waals surface area contributed by atoms with Crippen molar-refractivity contribution in [3.8, 4) is 0 Å². The van der Waals surface area contributed by atoms with E-state index in [1.165, 1.54) is 30.6 Å². The van der Waals surface area contributed by atoms with Gasteiger partial charge in [0, 0.05) is 11.8 Å². The molecular formula is C13H12FNO2S. The van der Waals surface area contributed by atoms with E-state index in [1.807, 2.05) is 5.38 Å². The van der Waals surface area contributed by atoms with E-state index >= 15 is 0 Å². The van der Waals surface area contributed by atoms with Crippen LogP contribution < -0.4 is 0 Å². The number of hydrogen-bond donors (Lipinski definition) is 0. The maximum atomic E-state index is 12.7. The summed E-state index contributed by atoms with van der Waals surface area (Å²) >= 11 is 1.49. The highest BCUT2D eigenvalue weighted by molar-refractivity contribution is 7.09. The second kappa shape index (κ2) is 5.73. The van der Waals surface area contributed by atoms with Gasteiger partial charge in [-0.05, 0) is 17.7 Å². The third-order valence-electron chi connectivity index (χ3n) is 2.42. The van der Waals surface area contributed by atoms with E-state index in [0.29, 0.717) is 12.1 Å². The Morgan fingerprint density at radius 2 is 2.11 bits per heavy atom. The van der Waals surface area contributed by atoms with Crippen LogP contribution in [0.25, 0.3) is 0 Å². The molecule has 3 nitrogen and oxygen atoms in total. The Balaban J connectivity index is 2.02. The summed E-state index contributed by atoms with van der Waals surface area (Å²) in [6.07, 6.45) is 0.836. The van der Waals surface area contributed by atoms with E-state index in [2.05, 4.69) is 9.72 Å². The van der Waals surface area contributed by atoms with Crippen molar-refractivity contribution in [1.29, 1.82) is 0 Å². The molecule has 0 spiro atoms. The van der Waals surface area contributed by atoms with E-state index in [4.69, 9.17) is 0 Å². The van der Waals surface area contributed by atoms with Gasteiger partial charge < -0.3 is 4.74 Å². The predicted octanol–water partition coefficient (Wildman–Crippen LogP) is 2.59. The predicted molar refractivity (Wildman–Crippen MR) is 67.0 cm³/mol. The first kappa shape index (κ1) is 12.7. The van der Waals surface area contributed by atoms with Crippen LogP contribution in [0.1, 0.15) is 16.3 Å². The van der Waals surface area contributed by atoms with Gasteiger partial charge in [0.25, 0.3) is 0 Å². The third-order valence-corrected chi connectivity index (χ3v) is 3.32. The molecule has 1 aromatic carbocycles. The fraction of sp³-hybridized carbons (Fsp3) is 0.231. The lowest BCUT2D eigenvalue weighted by molar-refractivity contribution is -0.139. The average Bonchev–Trinajstić information content (AvgIpc) is 2.79. The van der Waals surface area contributed by atoms with Crippen LogP contribution in [0.4, 0.5) is 4.39 Å². The van der Waals surface area contributed by atoms with Crippen molar-refractivity contribution < 1.29 is 13.9 Å². The zero-order chi connectivity index (χ0) is 13.0. The molecule has 0 aliphatic heterocycles. The van der Waals surface area contributed by atoms with Crippen molar-refractivity contribution in [3.63, 3.8) is 0 Å². The van der Waals surface area contributed by atoms with Crippen molar-refractivity contribution in [3.05, 3.63) is 51.7 Å². The second-order valence-electron chi connectivity index (χ2n) is 3.79. The molecule has 94 valence electrons. The van der Waals surface area contributed by atoms with Crippen molar-refractivity contribution in [1.82, 2.24) is 4.98 Å². The van der Waals surface area contributed by atoms with Crippen molar-refractivity contribution in [2.24, 2.45) is 0 Å². The quantitative estimate of drug-likeness (QED) is 0.798. The second-order valence-corrected chi connectivity index (χ2v) is 4.73. The molecule has 0 radical (unpaired) electrons. The minimum Gasteiger partial charge on any atom is -0.469 e. The molecule has 0 N–H and O–H groups in total. The van der Waals surface area contributed by atoms with E-state index in [-0.39, 0.29) is 18.2 Å². The standard InChI is InChI=1S/C13H12FNO2S/c1-17-13(16)7-11-8-18-12(15-11)6-9-2-4-10(14)5-3-9/h2-5,8H,6-7H2,1H3. The fourth-order valence-electron chi connectivity index (χ4n) is 1.51. The molecule has 0 unspecified atom stereocenters. The van der Waals surface area contributed by atoms with E-state index in [0.717, 1.165) is 10.6 Å². The first-order valence-electron chi connectivity index (χ1n) is 5.42. The lowest BCUT2D eigenvalue weighted by atomic mass is 10.1. The summed E-state index contributed by atoms with van der Waals surface area (Å²) in [7, 11) is 1.36. The van der Waals surface area contributed by atoms with Crippen LogP contribution in [0.15, 0.2) is 29.6 Å². The SMILES string of the molecule is COC(=O)Cc1csc(Cc2ccc(F)cc2)n1. The Kier molecular flexibility index (Phi) is 4.04. The molecule has 18 heavy (non-hydrogen) atoms. The molecule has 2 rings (SSSR count). The van der Waals surface area contributed by atoms with E-state index in [9.17, 15) is 9.18 Å². The summed E-state index contributed by atoms with van der Waals surface area (Å²) in [5.74, 6) is -0.544. The number of thiazole rings is 1. The molecule has 0 aliphatic rings. The topological polar surface area (TPSA) is 39.2 Å². The lowest BCUT2D eigenvalue weighted by Gasteiger charge is -1.97. The molecular weight excluding hydrogens is 253 g/mol. The van der Waals surface area contributed by atoms with Gasteiger partial charge in [0.2, 0.25) is 0 Å². The summed E-state index contributed by atoms with van der Waals surface area (Å²) < 4.78 is 17.3. The zero-order valence-corrected chi connectivity index (χ0v) is 10.7. The number of nitrogens with zero attached hydrogens (tertiary/aromatic N) is 1. The number of rotatable bonds is 4. The molecule has 0 bridgehead atoms. The molecule has 0 atom stereocenters. The summed E-state index contributed by atoms with van der Waals surface area (Å²) in [4.78, 5) is 15.4. The number of benzene rings is 1. The van der Waals surface area contributed by atoms with Crippen LogP contribution in [0.3, 0.4) is 0 Å². The van der Waals surface area contributed by atoms with Crippen LogP contribution in [-0.4, -0.2) is 18.1 Å². The monoisotopic (exact) mass is 265 g/mol. The molecule has 0 fully saturated rings. The smallest absolute Gasteiger partial charge is 0.311 e. The first-order valence-corrected chi connectivity index (χ1v) is 6.30. The number of halogens is 1. The van der Waals surface area contributed by atoms with Gasteiger partial charge in [0.1, 0.15) is 5.82 Å².